The monoisotopic (exact) mass is 494 g/mol. The highest BCUT2D eigenvalue weighted by Crippen LogP contribution is 2.32. The third kappa shape index (κ3) is 5.90. The van der Waals surface area contributed by atoms with Crippen LogP contribution in [0.15, 0.2) is 82.8 Å². The second kappa shape index (κ2) is 11.2. The van der Waals surface area contributed by atoms with Gasteiger partial charge in [-0.05, 0) is 67.9 Å². The summed E-state index contributed by atoms with van der Waals surface area (Å²) in [5.41, 5.74) is 6.25. The van der Waals surface area contributed by atoms with E-state index in [-0.39, 0.29) is 0 Å². The summed E-state index contributed by atoms with van der Waals surface area (Å²) in [5.74, 6) is 2.89. The van der Waals surface area contributed by atoms with Gasteiger partial charge in [-0.2, -0.15) is 0 Å². The topological polar surface area (TPSA) is 49.6 Å². The number of rotatable bonds is 7. The Morgan fingerprint density at radius 1 is 0.944 bits per heavy atom. The molecule has 1 saturated heterocycles. The third-order valence-electron chi connectivity index (χ3n) is 7.00. The van der Waals surface area contributed by atoms with Gasteiger partial charge in [0.1, 0.15) is 11.7 Å². The van der Waals surface area contributed by atoms with E-state index < -0.39 is 0 Å². The molecule has 1 aliphatic heterocycles. The molecule has 5 rings (SSSR count). The van der Waals surface area contributed by atoms with Gasteiger partial charge >= 0.3 is 0 Å². The average Bonchev–Trinajstić information content (AvgIpc) is 3.27. The van der Waals surface area contributed by atoms with E-state index in [1.165, 1.54) is 27.0 Å². The summed E-state index contributed by atoms with van der Waals surface area (Å²) in [4.78, 5) is 14.9. The fraction of sp³-hybridized carbons (Fsp3) is 0.323. The van der Waals surface area contributed by atoms with Crippen LogP contribution >= 0.6 is 11.3 Å². The van der Waals surface area contributed by atoms with Gasteiger partial charge in [0.25, 0.3) is 0 Å². The molecule has 1 N–H and O–H groups in total. The molecule has 3 aromatic carbocycles. The summed E-state index contributed by atoms with van der Waals surface area (Å²) in [6, 6.07) is 26.0. The van der Waals surface area contributed by atoms with Crippen molar-refractivity contribution >= 4 is 38.4 Å². The van der Waals surface area contributed by atoms with Crippen LogP contribution in [0.25, 0.3) is 10.2 Å². The maximum absolute atomic E-state index is 5.10. The van der Waals surface area contributed by atoms with Gasteiger partial charge in [0.2, 0.25) is 5.13 Å². The van der Waals surface area contributed by atoms with E-state index in [9.17, 15) is 0 Å². The van der Waals surface area contributed by atoms with Crippen molar-refractivity contribution < 1.29 is 0 Å². The molecule has 0 radical (unpaired) electrons. The summed E-state index contributed by atoms with van der Waals surface area (Å²) in [6.07, 6.45) is 3.92. The molecule has 4 aromatic rings. The maximum Gasteiger partial charge on any atom is 0.211 e. The first-order valence-electron chi connectivity index (χ1n) is 12.9. The highest BCUT2D eigenvalue weighted by Gasteiger charge is 2.32. The summed E-state index contributed by atoms with van der Waals surface area (Å²) in [6.45, 7) is 7.29. The van der Waals surface area contributed by atoms with Gasteiger partial charge in [-0.15, -0.1) is 0 Å². The number of hydrogen-bond acceptors (Lipinski definition) is 4. The number of aryl methyl sites for hydroxylation is 2. The van der Waals surface area contributed by atoms with Gasteiger partial charge in [0, 0.05) is 18.9 Å². The van der Waals surface area contributed by atoms with Crippen LogP contribution in [0.4, 0.5) is 5.13 Å². The van der Waals surface area contributed by atoms with Gasteiger partial charge in [-0.25, -0.2) is 9.98 Å². The Hall–Kier alpha value is -3.31. The quantitative estimate of drug-likeness (QED) is 0.290. The highest BCUT2D eigenvalue weighted by atomic mass is 32.1. The SMILES string of the molecule is CCC1C(=NCCc2ccc(C)cc2)NC(=Nc2nc3ccc(C)cc3s2)CC1Cc1ccccc1. The van der Waals surface area contributed by atoms with Gasteiger partial charge in [0.15, 0.2) is 0 Å². The molecule has 2 heterocycles. The van der Waals surface area contributed by atoms with Crippen molar-refractivity contribution in [1.82, 2.24) is 10.3 Å². The number of nitrogens with one attached hydrogen (secondary N) is 1. The first-order chi connectivity index (χ1) is 17.6. The van der Waals surface area contributed by atoms with Crippen molar-refractivity contribution in [3.05, 3.63) is 95.1 Å². The van der Waals surface area contributed by atoms with Crippen LogP contribution in [-0.2, 0) is 12.8 Å². The van der Waals surface area contributed by atoms with Gasteiger partial charge < -0.3 is 5.32 Å². The lowest BCUT2D eigenvalue weighted by Gasteiger charge is -2.34. The van der Waals surface area contributed by atoms with Crippen LogP contribution in [-0.4, -0.2) is 23.2 Å². The fourth-order valence-corrected chi connectivity index (χ4v) is 6.00. The van der Waals surface area contributed by atoms with Crippen LogP contribution in [0.3, 0.4) is 0 Å². The lowest BCUT2D eigenvalue weighted by molar-refractivity contribution is 0.396. The second-order valence-electron chi connectivity index (χ2n) is 9.82. The zero-order valence-corrected chi connectivity index (χ0v) is 22.2. The Morgan fingerprint density at radius 3 is 2.50 bits per heavy atom. The van der Waals surface area contributed by atoms with Crippen molar-refractivity contribution in [1.29, 1.82) is 0 Å². The molecule has 4 nitrogen and oxygen atoms in total. The van der Waals surface area contributed by atoms with E-state index in [1.807, 2.05) is 0 Å². The zero-order valence-electron chi connectivity index (χ0n) is 21.4. The lowest BCUT2D eigenvalue weighted by Crippen LogP contribution is -2.46. The molecule has 0 amide bonds. The highest BCUT2D eigenvalue weighted by molar-refractivity contribution is 7.22. The Labute approximate surface area is 218 Å². The largest absolute Gasteiger partial charge is 0.332 e. The van der Waals surface area contributed by atoms with Crippen LogP contribution in [0.2, 0.25) is 0 Å². The van der Waals surface area contributed by atoms with E-state index in [0.717, 1.165) is 54.5 Å². The van der Waals surface area contributed by atoms with Crippen LogP contribution in [0, 0.1) is 25.7 Å². The summed E-state index contributed by atoms with van der Waals surface area (Å²) < 4.78 is 1.18. The number of aromatic nitrogens is 1. The average molecular weight is 495 g/mol. The molecule has 0 saturated carbocycles. The summed E-state index contributed by atoms with van der Waals surface area (Å²) in [5, 5.41) is 4.45. The molecule has 1 fully saturated rings. The van der Waals surface area contributed by atoms with Crippen LogP contribution in [0.1, 0.15) is 42.0 Å². The smallest absolute Gasteiger partial charge is 0.211 e. The van der Waals surface area contributed by atoms with E-state index in [1.54, 1.807) is 11.3 Å². The number of hydrogen-bond donors (Lipinski definition) is 1. The number of benzene rings is 3. The van der Waals surface area contributed by atoms with E-state index in [4.69, 9.17) is 15.0 Å². The predicted octanol–water partition coefficient (Wildman–Crippen LogP) is 7.46. The van der Waals surface area contributed by atoms with E-state index >= 15 is 0 Å². The van der Waals surface area contributed by atoms with Gasteiger partial charge in [0.05, 0.1) is 10.2 Å². The Balaban J connectivity index is 1.42. The number of nitrogens with zero attached hydrogens (tertiary/aromatic N) is 3. The maximum atomic E-state index is 5.10. The predicted molar refractivity (Wildman–Crippen MR) is 154 cm³/mol. The molecule has 2 atom stereocenters. The van der Waals surface area contributed by atoms with Crippen LogP contribution < -0.4 is 5.32 Å². The fourth-order valence-electron chi connectivity index (χ4n) is 5.04. The minimum absolute atomic E-state index is 0.389. The molecule has 2 unspecified atom stereocenters. The Morgan fingerprint density at radius 2 is 1.72 bits per heavy atom. The third-order valence-corrected chi connectivity index (χ3v) is 7.91. The number of thiazole rings is 1. The minimum atomic E-state index is 0.389. The van der Waals surface area contributed by atoms with Crippen molar-refractivity contribution in [3.63, 3.8) is 0 Å². The summed E-state index contributed by atoms with van der Waals surface area (Å²) in [7, 11) is 0. The molecule has 0 aliphatic carbocycles. The number of aliphatic imine (C=N–C) groups is 2. The zero-order chi connectivity index (χ0) is 24.9. The molecule has 0 bridgehead atoms. The van der Waals surface area contributed by atoms with E-state index in [2.05, 4.69) is 98.9 Å². The molecule has 1 aromatic heterocycles. The normalized spacial score (nSPS) is 20.2. The summed E-state index contributed by atoms with van der Waals surface area (Å²) >= 11 is 1.66. The molecule has 0 spiro atoms. The van der Waals surface area contributed by atoms with Crippen molar-refractivity contribution in [2.75, 3.05) is 6.54 Å². The minimum Gasteiger partial charge on any atom is -0.332 e. The standard InChI is InChI=1S/C31H34N4S/c1-4-26-25(19-24-8-6-5-7-9-24)20-29(35-31-33-27-15-12-22(3)18-28(27)36-31)34-30(26)32-17-16-23-13-10-21(2)11-14-23/h5-15,18,25-26H,4,16-17,19-20H2,1-3H3,(H,32,33,34,35). The van der Waals surface area contributed by atoms with Crippen molar-refractivity contribution in [2.24, 2.45) is 21.8 Å². The Bertz CT molecular complexity index is 1370. The van der Waals surface area contributed by atoms with E-state index in [0.29, 0.717) is 11.8 Å². The molecule has 5 heteroatoms. The van der Waals surface area contributed by atoms with Gasteiger partial charge in [-0.3, -0.25) is 4.99 Å². The van der Waals surface area contributed by atoms with Gasteiger partial charge in [-0.1, -0.05) is 84.5 Å². The molecular formula is C31H34N4S. The van der Waals surface area contributed by atoms with Crippen LogP contribution in [0.5, 0.6) is 0 Å². The molecular weight excluding hydrogens is 460 g/mol. The number of piperidine rings is 1. The first-order valence-corrected chi connectivity index (χ1v) is 13.7. The van der Waals surface area contributed by atoms with Crippen molar-refractivity contribution in [2.45, 2.75) is 46.5 Å². The molecule has 184 valence electrons. The molecule has 1 aliphatic rings. The second-order valence-corrected chi connectivity index (χ2v) is 10.8. The Kier molecular flexibility index (Phi) is 7.57. The molecule has 36 heavy (non-hydrogen) atoms. The number of amidine groups is 2. The van der Waals surface area contributed by atoms with Crippen molar-refractivity contribution in [3.8, 4) is 0 Å². The first kappa shape index (κ1) is 24.4. The lowest BCUT2D eigenvalue weighted by atomic mass is 9.79. The number of fused-ring (bicyclic) bond motifs is 1.